The summed E-state index contributed by atoms with van der Waals surface area (Å²) in [6.45, 7) is 1.52. The maximum Gasteiger partial charge on any atom is 0.240 e. The zero-order valence-corrected chi connectivity index (χ0v) is 14.2. The van der Waals surface area contributed by atoms with Gasteiger partial charge in [-0.3, -0.25) is 9.69 Å². The molecule has 0 spiro atoms. The Morgan fingerprint density at radius 2 is 1.87 bits per heavy atom. The van der Waals surface area contributed by atoms with Crippen molar-refractivity contribution in [1.29, 1.82) is 0 Å². The molecule has 0 atom stereocenters. The lowest BCUT2D eigenvalue weighted by atomic mass is 9.94. The van der Waals surface area contributed by atoms with Crippen molar-refractivity contribution < 1.29 is 4.79 Å². The standard InChI is InChI=1S/C19H29N3O/c1-22(17-9-3-2-4-10-17)14-16-8-6-5-7-15(16)13-21-18(23)19(20)11-12-19/h5-8,17H,2-4,9-14,20H2,1H3,(H,21,23). The van der Waals surface area contributed by atoms with E-state index in [0.29, 0.717) is 12.6 Å². The molecule has 2 saturated carbocycles. The highest BCUT2D eigenvalue weighted by Crippen LogP contribution is 2.32. The van der Waals surface area contributed by atoms with Gasteiger partial charge >= 0.3 is 0 Å². The number of carbonyl (C=O) groups excluding carboxylic acids is 1. The second-order valence-corrected chi connectivity index (χ2v) is 7.31. The van der Waals surface area contributed by atoms with Gasteiger partial charge in [0.15, 0.2) is 0 Å². The Morgan fingerprint density at radius 1 is 1.22 bits per heavy atom. The monoisotopic (exact) mass is 315 g/mol. The number of carbonyl (C=O) groups is 1. The first-order chi connectivity index (χ1) is 11.1. The second-order valence-electron chi connectivity index (χ2n) is 7.31. The van der Waals surface area contributed by atoms with E-state index in [1.807, 2.05) is 6.07 Å². The van der Waals surface area contributed by atoms with E-state index in [4.69, 9.17) is 5.73 Å². The minimum Gasteiger partial charge on any atom is -0.350 e. The first kappa shape index (κ1) is 16.5. The summed E-state index contributed by atoms with van der Waals surface area (Å²) in [6, 6.07) is 9.11. The quantitative estimate of drug-likeness (QED) is 0.848. The number of hydrogen-bond donors (Lipinski definition) is 2. The highest BCUT2D eigenvalue weighted by molar-refractivity contribution is 5.88. The molecule has 2 aliphatic rings. The van der Waals surface area contributed by atoms with E-state index >= 15 is 0 Å². The lowest BCUT2D eigenvalue weighted by molar-refractivity contribution is -0.123. The molecule has 23 heavy (non-hydrogen) atoms. The molecule has 0 aromatic heterocycles. The smallest absolute Gasteiger partial charge is 0.240 e. The van der Waals surface area contributed by atoms with Gasteiger partial charge in [-0.25, -0.2) is 0 Å². The van der Waals surface area contributed by atoms with Crippen molar-refractivity contribution in [2.24, 2.45) is 5.73 Å². The van der Waals surface area contributed by atoms with Gasteiger partial charge < -0.3 is 11.1 Å². The van der Waals surface area contributed by atoms with Crippen LogP contribution in [0.3, 0.4) is 0 Å². The van der Waals surface area contributed by atoms with Gasteiger partial charge in [0.25, 0.3) is 0 Å². The van der Waals surface area contributed by atoms with Gasteiger partial charge in [-0.1, -0.05) is 43.5 Å². The fourth-order valence-corrected chi connectivity index (χ4v) is 3.52. The molecular weight excluding hydrogens is 286 g/mol. The highest BCUT2D eigenvalue weighted by Gasteiger charge is 2.45. The van der Waals surface area contributed by atoms with Gasteiger partial charge in [-0.05, 0) is 43.9 Å². The summed E-state index contributed by atoms with van der Waals surface area (Å²) in [5, 5.41) is 3.01. The minimum absolute atomic E-state index is 0.00654. The molecule has 1 aromatic carbocycles. The lowest BCUT2D eigenvalue weighted by Crippen LogP contribution is -2.42. The predicted molar refractivity (Wildman–Crippen MR) is 92.8 cm³/mol. The molecule has 1 aromatic rings. The van der Waals surface area contributed by atoms with E-state index < -0.39 is 5.54 Å². The minimum atomic E-state index is -0.589. The van der Waals surface area contributed by atoms with E-state index in [9.17, 15) is 4.79 Å². The average molecular weight is 315 g/mol. The molecule has 126 valence electrons. The summed E-state index contributed by atoms with van der Waals surface area (Å²) >= 11 is 0. The normalized spacial score (nSPS) is 20.5. The van der Waals surface area contributed by atoms with Crippen molar-refractivity contribution in [2.45, 2.75) is 69.6 Å². The first-order valence-corrected chi connectivity index (χ1v) is 8.93. The Kier molecular flexibility index (Phi) is 5.02. The molecule has 1 amide bonds. The molecule has 0 heterocycles. The molecular formula is C19H29N3O. The van der Waals surface area contributed by atoms with Crippen molar-refractivity contribution >= 4 is 5.91 Å². The van der Waals surface area contributed by atoms with Gasteiger partial charge in [0.05, 0.1) is 5.54 Å². The summed E-state index contributed by atoms with van der Waals surface area (Å²) in [7, 11) is 2.23. The summed E-state index contributed by atoms with van der Waals surface area (Å²) in [5.41, 5.74) is 7.87. The largest absolute Gasteiger partial charge is 0.350 e. The van der Waals surface area contributed by atoms with Crippen LogP contribution >= 0.6 is 0 Å². The fourth-order valence-electron chi connectivity index (χ4n) is 3.52. The van der Waals surface area contributed by atoms with Crippen molar-refractivity contribution in [3.05, 3.63) is 35.4 Å². The maximum atomic E-state index is 12.0. The summed E-state index contributed by atoms with van der Waals surface area (Å²) in [5.74, 6) is -0.00654. The van der Waals surface area contributed by atoms with Crippen LogP contribution < -0.4 is 11.1 Å². The Bertz CT molecular complexity index is 547. The third-order valence-corrected chi connectivity index (χ3v) is 5.42. The molecule has 2 aliphatic carbocycles. The Balaban J connectivity index is 1.59. The topological polar surface area (TPSA) is 58.4 Å². The van der Waals surface area contributed by atoms with Gasteiger partial charge in [-0.15, -0.1) is 0 Å². The lowest BCUT2D eigenvalue weighted by Gasteiger charge is -2.31. The van der Waals surface area contributed by atoms with Crippen LogP contribution in [0, 0.1) is 0 Å². The second kappa shape index (κ2) is 7.02. The molecule has 2 fully saturated rings. The number of benzene rings is 1. The zero-order valence-electron chi connectivity index (χ0n) is 14.2. The zero-order chi connectivity index (χ0) is 16.3. The van der Waals surface area contributed by atoms with Crippen LogP contribution in [0.5, 0.6) is 0 Å². The van der Waals surface area contributed by atoms with Crippen molar-refractivity contribution in [3.8, 4) is 0 Å². The molecule has 0 unspecified atom stereocenters. The van der Waals surface area contributed by atoms with Crippen LogP contribution in [0.15, 0.2) is 24.3 Å². The van der Waals surface area contributed by atoms with Gasteiger partial charge in [0, 0.05) is 19.1 Å². The van der Waals surface area contributed by atoms with Crippen LogP contribution in [0.1, 0.15) is 56.1 Å². The van der Waals surface area contributed by atoms with Crippen LogP contribution in [-0.2, 0) is 17.9 Å². The molecule has 0 saturated heterocycles. The van der Waals surface area contributed by atoms with E-state index in [0.717, 1.165) is 19.4 Å². The Hall–Kier alpha value is -1.39. The summed E-state index contributed by atoms with van der Waals surface area (Å²) < 4.78 is 0. The molecule has 3 rings (SSSR count). The summed E-state index contributed by atoms with van der Waals surface area (Å²) in [4.78, 5) is 14.5. The Morgan fingerprint density at radius 3 is 2.52 bits per heavy atom. The third kappa shape index (κ3) is 4.12. The molecule has 4 heteroatoms. The first-order valence-electron chi connectivity index (χ1n) is 8.93. The molecule has 3 N–H and O–H groups in total. The molecule has 4 nitrogen and oxygen atoms in total. The van der Waals surface area contributed by atoms with E-state index in [-0.39, 0.29) is 5.91 Å². The van der Waals surface area contributed by atoms with Crippen molar-refractivity contribution in [3.63, 3.8) is 0 Å². The number of nitrogens with two attached hydrogens (primary N) is 1. The van der Waals surface area contributed by atoms with Crippen LogP contribution in [0.25, 0.3) is 0 Å². The number of hydrogen-bond acceptors (Lipinski definition) is 3. The highest BCUT2D eigenvalue weighted by atomic mass is 16.2. The number of nitrogens with zero attached hydrogens (tertiary/aromatic N) is 1. The predicted octanol–water partition coefficient (Wildman–Crippen LogP) is 2.56. The number of nitrogens with one attached hydrogen (secondary N) is 1. The van der Waals surface area contributed by atoms with Gasteiger partial charge in [-0.2, -0.15) is 0 Å². The van der Waals surface area contributed by atoms with Gasteiger partial charge in [0.1, 0.15) is 0 Å². The Labute approximate surface area is 139 Å². The number of amides is 1. The molecule has 0 aliphatic heterocycles. The van der Waals surface area contributed by atoms with E-state index in [1.165, 1.54) is 43.2 Å². The van der Waals surface area contributed by atoms with Crippen LogP contribution in [0.4, 0.5) is 0 Å². The molecule has 0 radical (unpaired) electrons. The van der Waals surface area contributed by atoms with E-state index in [2.05, 4.69) is 35.5 Å². The average Bonchev–Trinajstić information content (AvgIpc) is 3.33. The number of rotatable bonds is 6. The van der Waals surface area contributed by atoms with Crippen molar-refractivity contribution in [2.75, 3.05) is 7.05 Å². The fraction of sp³-hybridized carbons (Fsp3) is 0.632. The van der Waals surface area contributed by atoms with Gasteiger partial charge in [0.2, 0.25) is 5.91 Å². The van der Waals surface area contributed by atoms with Crippen LogP contribution in [-0.4, -0.2) is 29.4 Å². The third-order valence-electron chi connectivity index (χ3n) is 5.42. The van der Waals surface area contributed by atoms with E-state index in [1.54, 1.807) is 0 Å². The molecule has 0 bridgehead atoms. The summed E-state index contributed by atoms with van der Waals surface area (Å²) in [6.07, 6.45) is 8.33. The maximum absolute atomic E-state index is 12.0. The SMILES string of the molecule is CN(Cc1ccccc1CNC(=O)C1(N)CC1)C1CCCCC1. The van der Waals surface area contributed by atoms with Crippen molar-refractivity contribution in [1.82, 2.24) is 10.2 Å². The van der Waals surface area contributed by atoms with Crippen LogP contribution in [0.2, 0.25) is 0 Å².